The number of carbonyl (C=O) groups excluding carboxylic acids is 2. The van der Waals surface area contributed by atoms with Gasteiger partial charge in [0.2, 0.25) is 5.91 Å². The summed E-state index contributed by atoms with van der Waals surface area (Å²) >= 11 is 6.04. The monoisotopic (exact) mass is 358 g/mol. The highest BCUT2D eigenvalue weighted by Crippen LogP contribution is 2.43. The SMILES string of the molecule is O=C(c1ccc(F)cc1Cl)N1CCCC2(C1)C(=O)Nc1ccccc12. The number of para-hydroxylation sites is 1. The Hall–Kier alpha value is -2.40. The molecule has 0 aliphatic carbocycles. The highest BCUT2D eigenvalue weighted by Gasteiger charge is 2.49. The molecule has 6 heteroatoms. The molecule has 0 saturated carbocycles. The predicted octanol–water partition coefficient (Wildman–Crippen LogP) is 3.61. The molecule has 2 aromatic carbocycles. The van der Waals surface area contributed by atoms with Gasteiger partial charge in [-0.1, -0.05) is 29.8 Å². The van der Waals surface area contributed by atoms with E-state index in [2.05, 4.69) is 5.32 Å². The van der Waals surface area contributed by atoms with Gasteiger partial charge in [-0.05, 0) is 42.7 Å². The Morgan fingerprint density at radius 2 is 2.04 bits per heavy atom. The molecule has 128 valence electrons. The number of likely N-dealkylation sites (tertiary alicyclic amines) is 1. The van der Waals surface area contributed by atoms with Crippen LogP contribution >= 0.6 is 11.6 Å². The summed E-state index contributed by atoms with van der Waals surface area (Å²) in [7, 11) is 0. The lowest BCUT2D eigenvalue weighted by molar-refractivity contribution is -0.122. The Morgan fingerprint density at radius 3 is 2.84 bits per heavy atom. The average Bonchev–Trinajstić information content (AvgIpc) is 2.86. The van der Waals surface area contributed by atoms with Gasteiger partial charge in [0.05, 0.1) is 16.0 Å². The number of hydrogen-bond acceptors (Lipinski definition) is 2. The molecule has 1 fully saturated rings. The topological polar surface area (TPSA) is 49.4 Å². The number of nitrogens with one attached hydrogen (secondary N) is 1. The third-order valence-electron chi connectivity index (χ3n) is 5.07. The number of amides is 2. The van der Waals surface area contributed by atoms with Crippen LogP contribution in [-0.2, 0) is 10.2 Å². The van der Waals surface area contributed by atoms with Crippen LogP contribution in [0, 0.1) is 5.82 Å². The molecule has 1 atom stereocenters. The second-order valence-corrected chi connectivity index (χ2v) is 6.94. The first-order valence-corrected chi connectivity index (χ1v) is 8.54. The van der Waals surface area contributed by atoms with Crippen molar-refractivity contribution in [3.05, 3.63) is 64.4 Å². The van der Waals surface area contributed by atoms with Gasteiger partial charge in [0, 0.05) is 18.8 Å². The number of carbonyl (C=O) groups is 2. The lowest BCUT2D eigenvalue weighted by atomic mass is 9.75. The van der Waals surface area contributed by atoms with Gasteiger partial charge in [-0.3, -0.25) is 9.59 Å². The van der Waals surface area contributed by atoms with Crippen LogP contribution in [-0.4, -0.2) is 29.8 Å². The molecular formula is C19H16ClFN2O2. The molecule has 2 amide bonds. The smallest absolute Gasteiger partial charge is 0.255 e. The van der Waals surface area contributed by atoms with Gasteiger partial charge >= 0.3 is 0 Å². The van der Waals surface area contributed by atoms with Crippen molar-refractivity contribution in [2.24, 2.45) is 0 Å². The molecule has 1 N–H and O–H groups in total. The first-order chi connectivity index (χ1) is 12.0. The van der Waals surface area contributed by atoms with E-state index in [0.29, 0.717) is 25.9 Å². The van der Waals surface area contributed by atoms with Crippen molar-refractivity contribution in [2.75, 3.05) is 18.4 Å². The number of fused-ring (bicyclic) bond motifs is 2. The minimum atomic E-state index is -0.725. The summed E-state index contributed by atoms with van der Waals surface area (Å²) in [6.07, 6.45) is 1.41. The van der Waals surface area contributed by atoms with Crippen LogP contribution in [0.25, 0.3) is 0 Å². The molecule has 1 spiro atoms. The van der Waals surface area contributed by atoms with Crippen LogP contribution in [0.15, 0.2) is 42.5 Å². The van der Waals surface area contributed by atoms with Gasteiger partial charge in [-0.15, -0.1) is 0 Å². The van der Waals surface area contributed by atoms with E-state index in [4.69, 9.17) is 11.6 Å². The fourth-order valence-corrected chi connectivity index (χ4v) is 4.09. The molecular weight excluding hydrogens is 343 g/mol. The third-order valence-corrected chi connectivity index (χ3v) is 5.38. The Kier molecular flexibility index (Phi) is 3.76. The summed E-state index contributed by atoms with van der Waals surface area (Å²) in [5, 5.41) is 3.01. The molecule has 4 nitrogen and oxygen atoms in total. The number of halogens is 2. The minimum absolute atomic E-state index is 0.0728. The molecule has 2 aliphatic rings. The lowest BCUT2D eigenvalue weighted by Crippen LogP contribution is -2.51. The van der Waals surface area contributed by atoms with Crippen LogP contribution in [0.4, 0.5) is 10.1 Å². The molecule has 1 saturated heterocycles. The van der Waals surface area contributed by atoms with Gasteiger partial charge in [0.1, 0.15) is 5.82 Å². The number of nitrogens with zero attached hydrogens (tertiary/aromatic N) is 1. The first kappa shape index (κ1) is 16.1. The zero-order chi connectivity index (χ0) is 17.6. The van der Waals surface area contributed by atoms with E-state index >= 15 is 0 Å². The molecule has 2 aromatic rings. The van der Waals surface area contributed by atoms with E-state index in [1.54, 1.807) is 4.90 Å². The van der Waals surface area contributed by atoms with Crippen LogP contribution < -0.4 is 5.32 Å². The number of anilines is 1. The largest absolute Gasteiger partial charge is 0.337 e. The maximum Gasteiger partial charge on any atom is 0.255 e. The zero-order valence-electron chi connectivity index (χ0n) is 13.4. The normalized spacial score (nSPS) is 22.0. The summed E-state index contributed by atoms with van der Waals surface area (Å²) in [6, 6.07) is 11.3. The van der Waals surface area contributed by atoms with Crippen LogP contribution in [0.1, 0.15) is 28.8 Å². The second-order valence-electron chi connectivity index (χ2n) is 6.54. The summed E-state index contributed by atoms with van der Waals surface area (Å²) < 4.78 is 13.2. The number of benzene rings is 2. The van der Waals surface area contributed by atoms with Gasteiger partial charge in [0.15, 0.2) is 0 Å². The van der Waals surface area contributed by atoms with Crippen LogP contribution in [0.5, 0.6) is 0 Å². The standard InChI is InChI=1S/C19H16ClFN2O2/c20-15-10-12(21)6-7-13(15)17(24)23-9-3-8-19(11-23)14-4-1-2-5-16(14)22-18(19)25/h1-2,4-7,10H,3,8-9,11H2,(H,22,25). The van der Waals surface area contributed by atoms with E-state index in [-0.39, 0.29) is 22.4 Å². The summed E-state index contributed by atoms with van der Waals surface area (Å²) in [4.78, 5) is 27.2. The number of piperidine rings is 1. The molecule has 25 heavy (non-hydrogen) atoms. The molecule has 0 aromatic heterocycles. The molecule has 2 heterocycles. The molecule has 0 radical (unpaired) electrons. The molecule has 1 unspecified atom stereocenters. The second kappa shape index (κ2) is 5.85. The van der Waals surface area contributed by atoms with Gasteiger partial charge in [-0.2, -0.15) is 0 Å². The predicted molar refractivity (Wildman–Crippen MR) is 93.3 cm³/mol. The van der Waals surface area contributed by atoms with Gasteiger partial charge in [0.25, 0.3) is 5.91 Å². The van der Waals surface area contributed by atoms with Crippen molar-refractivity contribution >= 4 is 29.1 Å². The highest BCUT2D eigenvalue weighted by atomic mass is 35.5. The molecule has 4 rings (SSSR count). The number of hydrogen-bond donors (Lipinski definition) is 1. The van der Waals surface area contributed by atoms with Crippen molar-refractivity contribution in [1.82, 2.24) is 4.90 Å². The molecule has 2 aliphatic heterocycles. The Bertz CT molecular complexity index is 885. The Balaban J connectivity index is 1.68. The quantitative estimate of drug-likeness (QED) is 0.846. The highest BCUT2D eigenvalue weighted by molar-refractivity contribution is 6.33. The van der Waals surface area contributed by atoms with Crippen molar-refractivity contribution < 1.29 is 14.0 Å². The van der Waals surface area contributed by atoms with Crippen molar-refractivity contribution in [3.8, 4) is 0 Å². The Morgan fingerprint density at radius 1 is 1.24 bits per heavy atom. The minimum Gasteiger partial charge on any atom is -0.337 e. The van der Waals surface area contributed by atoms with Crippen molar-refractivity contribution in [2.45, 2.75) is 18.3 Å². The summed E-state index contributed by atoms with van der Waals surface area (Å²) in [6.45, 7) is 0.839. The Labute approximate surface area is 149 Å². The number of rotatable bonds is 1. The van der Waals surface area contributed by atoms with E-state index in [9.17, 15) is 14.0 Å². The van der Waals surface area contributed by atoms with E-state index in [1.807, 2.05) is 24.3 Å². The van der Waals surface area contributed by atoms with Crippen molar-refractivity contribution in [1.29, 1.82) is 0 Å². The van der Waals surface area contributed by atoms with Crippen molar-refractivity contribution in [3.63, 3.8) is 0 Å². The lowest BCUT2D eigenvalue weighted by Gasteiger charge is -2.39. The van der Waals surface area contributed by atoms with E-state index < -0.39 is 11.2 Å². The zero-order valence-corrected chi connectivity index (χ0v) is 14.1. The maximum absolute atomic E-state index is 13.2. The maximum atomic E-state index is 13.2. The fraction of sp³-hybridized carbons (Fsp3) is 0.263. The summed E-state index contributed by atoms with van der Waals surface area (Å²) in [5.74, 6) is -0.835. The average molecular weight is 359 g/mol. The van der Waals surface area contributed by atoms with Crippen LogP contribution in [0.2, 0.25) is 5.02 Å². The van der Waals surface area contributed by atoms with E-state index in [1.165, 1.54) is 12.1 Å². The van der Waals surface area contributed by atoms with Gasteiger partial charge < -0.3 is 10.2 Å². The first-order valence-electron chi connectivity index (χ1n) is 8.16. The third kappa shape index (κ3) is 2.50. The molecule has 0 bridgehead atoms. The van der Waals surface area contributed by atoms with E-state index in [0.717, 1.165) is 17.3 Å². The summed E-state index contributed by atoms with van der Waals surface area (Å²) in [5.41, 5.74) is 1.27. The fourth-order valence-electron chi connectivity index (χ4n) is 3.84. The van der Waals surface area contributed by atoms with Crippen LogP contribution in [0.3, 0.4) is 0 Å². The van der Waals surface area contributed by atoms with Gasteiger partial charge in [-0.25, -0.2) is 4.39 Å².